The minimum absolute atomic E-state index is 0.287. The quantitative estimate of drug-likeness (QED) is 0.659. The summed E-state index contributed by atoms with van der Waals surface area (Å²) < 4.78 is 1.96. The first-order valence-corrected chi connectivity index (χ1v) is 6.83. The molecule has 3 rings (SSSR count). The van der Waals surface area contributed by atoms with E-state index < -0.39 is 0 Å². The number of fused-ring (bicyclic) bond motifs is 1. The molecule has 0 aliphatic heterocycles. The summed E-state index contributed by atoms with van der Waals surface area (Å²) >= 11 is 8.28. The molecule has 0 bridgehead atoms. The van der Waals surface area contributed by atoms with Crippen molar-refractivity contribution in [2.75, 3.05) is 6.61 Å². The van der Waals surface area contributed by atoms with Crippen LogP contribution in [0, 0.1) is 5.92 Å². The van der Waals surface area contributed by atoms with Gasteiger partial charge in [-0.1, -0.05) is 11.6 Å². The summed E-state index contributed by atoms with van der Waals surface area (Å²) in [4.78, 5) is 8.34. The highest BCUT2D eigenvalue weighted by Crippen LogP contribution is 2.44. The Morgan fingerprint density at radius 1 is 1.47 bits per heavy atom. The normalized spacial score (nSPS) is 23.9. The molecule has 90 valence electrons. The number of hydrogen-bond acceptors (Lipinski definition) is 3. The van der Waals surface area contributed by atoms with Crippen LogP contribution in [0.3, 0.4) is 0 Å². The molecule has 1 N–H and O–H groups in total. The fourth-order valence-corrected chi connectivity index (χ4v) is 3.57. The SMILES string of the molecule is OCC1CC(c2cn(I)c3c(Cl)ncnc23)C1. The van der Waals surface area contributed by atoms with Gasteiger partial charge in [0, 0.05) is 18.4 Å². The molecule has 4 nitrogen and oxygen atoms in total. The van der Waals surface area contributed by atoms with Crippen molar-refractivity contribution in [3.05, 3.63) is 23.2 Å². The molecule has 0 atom stereocenters. The Kier molecular flexibility index (Phi) is 3.00. The summed E-state index contributed by atoms with van der Waals surface area (Å²) in [7, 11) is 0. The summed E-state index contributed by atoms with van der Waals surface area (Å²) in [5.74, 6) is 0.946. The summed E-state index contributed by atoms with van der Waals surface area (Å²) in [5.41, 5.74) is 3.06. The van der Waals surface area contributed by atoms with Crippen LogP contribution in [-0.4, -0.2) is 24.5 Å². The Balaban J connectivity index is 2.04. The van der Waals surface area contributed by atoms with Gasteiger partial charge in [0.25, 0.3) is 0 Å². The zero-order valence-electron chi connectivity index (χ0n) is 8.98. The van der Waals surface area contributed by atoms with Gasteiger partial charge < -0.3 is 5.11 Å². The topological polar surface area (TPSA) is 50.9 Å². The second-order valence-corrected chi connectivity index (χ2v) is 5.87. The number of nitrogens with zero attached hydrogens (tertiary/aromatic N) is 3. The second kappa shape index (κ2) is 4.37. The molecular formula is C11H11ClIN3O. The van der Waals surface area contributed by atoms with E-state index in [1.807, 2.05) is 2.78 Å². The maximum atomic E-state index is 9.06. The molecular weight excluding hydrogens is 352 g/mol. The molecule has 1 aliphatic carbocycles. The Morgan fingerprint density at radius 2 is 2.24 bits per heavy atom. The molecule has 0 unspecified atom stereocenters. The monoisotopic (exact) mass is 363 g/mol. The van der Waals surface area contributed by atoms with Crippen molar-refractivity contribution in [1.82, 2.24) is 12.7 Å². The molecule has 0 saturated heterocycles. The van der Waals surface area contributed by atoms with Crippen molar-refractivity contribution in [3.8, 4) is 0 Å². The van der Waals surface area contributed by atoms with Crippen LogP contribution >= 0.6 is 34.5 Å². The van der Waals surface area contributed by atoms with Gasteiger partial charge >= 0.3 is 0 Å². The number of rotatable bonds is 2. The van der Waals surface area contributed by atoms with Crippen LogP contribution in [0.15, 0.2) is 12.5 Å². The summed E-state index contributed by atoms with van der Waals surface area (Å²) in [6, 6.07) is 0. The molecule has 1 fully saturated rings. The maximum absolute atomic E-state index is 9.06. The Bertz CT molecular complexity index is 565. The van der Waals surface area contributed by atoms with Crippen molar-refractivity contribution in [1.29, 1.82) is 0 Å². The van der Waals surface area contributed by atoms with Crippen molar-refractivity contribution in [3.63, 3.8) is 0 Å². The molecule has 17 heavy (non-hydrogen) atoms. The Labute approximate surface area is 118 Å². The summed E-state index contributed by atoms with van der Waals surface area (Å²) in [5, 5.41) is 9.55. The predicted molar refractivity (Wildman–Crippen MR) is 74.5 cm³/mol. The average Bonchev–Trinajstić information content (AvgIpc) is 2.56. The van der Waals surface area contributed by atoms with E-state index in [4.69, 9.17) is 16.7 Å². The van der Waals surface area contributed by atoms with Gasteiger partial charge in [-0.3, -0.25) is 2.78 Å². The Hall–Kier alpha value is -0.400. The van der Waals surface area contributed by atoms with E-state index in [0.29, 0.717) is 17.0 Å². The van der Waals surface area contributed by atoms with E-state index in [2.05, 4.69) is 39.0 Å². The fraction of sp³-hybridized carbons (Fsp3) is 0.455. The molecule has 2 heterocycles. The molecule has 0 aromatic carbocycles. The molecule has 0 amide bonds. The van der Waals surface area contributed by atoms with Crippen LogP contribution < -0.4 is 0 Å². The molecule has 1 aliphatic rings. The largest absolute Gasteiger partial charge is 0.396 e. The van der Waals surface area contributed by atoms with E-state index in [0.717, 1.165) is 23.9 Å². The van der Waals surface area contributed by atoms with Gasteiger partial charge in [0.15, 0.2) is 5.15 Å². The van der Waals surface area contributed by atoms with Crippen molar-refractivity contribution in [2.24, 2.45) is 5.92 Å². The molecule has 2 aromatic heterocycles. The van der Waals surface area contributed by atoms with Crippen molar-refractivity contribution in [2.45, 2.75) is 18.8 Å². The molecule has 0 spiro atoms. The minimum Gasteiger partial charge on any atom is -0.396 e. The van der Waals surface area contributed by atoms with Crippen LogP contribution in [0.2, 0.25) is 5.15 Å². The minimum atomic E-state index is 0.287. The fourth-order valence-electron chi connectivity index (χ4n) is 2.44. The van der Waals surface area contributed by atoms with Gasteiger partial charge in [-0.2, -0.15) is 0 Å². The third-order valence-corrected chi connectivity index (χ3v) is 4.49. The van der Waals surface area contributed by atoms with Crippen LogP contribution in [0.1, 0.15) is 24.3 Å². The number of aromatic nitrogens is 3. The van der Waals surface area contributed by atoms with Crippen molar-refractivity contribution < 1.29 is 5.11 Å². The zero-order chi connectivity index (χ0) is 12.0. The first-order valence-electron chi connectivity index (χ1n) is 5.49. The predicted octanol–water partition coefficient (Wildman–Crippen LogP) is 2.77. The van der Waals surface area contributed by atoms with E-state index in [1.54, 1.807) is 0 Å². The van der Waals surface area contributed by atoms with Crippen LogP contribution in [0.5, 0.6) is 0 Å². The number of aliphatic hydroxyl groups is 1. The summed E-state index contributed by atoms with van der Waals surface area (Å²) in [6.07, 6.45) is 5.65. The van der Waals surface area contributed by atoms with Gasteiger partial charge in [-0.25, -0.2) is 9.97 Å². The van der Waals surface area contributed by atoms with Gasteiger partial charge in [-0.15, -0.1) is 0 Å². The number of hydrogen-bond donors (Lipinski definition) is 1. The zero-order valence-corrected chi connectivity index (χ0v) is 11.9. The number of halogens is 2. The van der Waals surface area contributed by atoms with E-state index in [-0.39, 0.29) is 6.61 Å². The molecule has 2 aromatic rings. The lowest BCUT2D eigenvalue weighted by atomic mass is 9.72. The highest BCUT2D eigenvalue weighted by Gasteiger charge is 2.32. The maximum Gasteiger partial charge on any atom is 0.157 e. The molecule has 1 saturated carbocycles. The third-order valence-electron chi connectivity index (χ3n) is 3.45. The highest BCUT2D eigenvalue weighted by atomic mass is 127. The average molecular weight is 364 g/mol. The van der Waals surface area contributed by atoms with Gasteiger partial charge in [0.05, 0.1) is 28.4 Å². The lowest BCUT2D eigenvalue weighted by Gasteiger charge is -2.33. The molecule has 0 radical (unpaired) electrons. The van der Waals surface area contributed by atoms with Gasteiger partial charge in [0.2, 0.25) is 0 Å². The molecule has 6 heteroatoms. The highest BCUT2D eigenvalue weighted by molar-refractivity contribution is 14.1. The lowest BCUT2D eigenvalue weighted by Crippen LogP contribution is -2.24. The first kappa shape index (κ1) is 11.7. The van der Waals surface area contributed by atoms with Crippen LogP contribution in [0.25, 0.3) is 11.0 Å². The van der Waals surface area contributed by atoms with Gasteiger partial charge in [-0.05, 0) is 24.7 Å². The third kappa shape index (κ3) is 1.84. The Morgan fingerprint density at radius 3 is 2.94 bits per heavy atom. The van der Waals surface area contributed by atoms with E-state index in [9.17, 15) is 0 Å². The summed E-state index contributed by atoms with van der Waals surface area (Å²) in [6.45, 7) is 0.287. The smallest absolute Gasteiger partial charge is 0.157 e. The van der Waals surface area contributed by atoms with E-state index in [1.165, 1.54) is 11.9 Å². The lowest BCUT2D eigenvalue weighted by molar-refractivity contribution is 0.143. The standard InChI is InChI=1S/C11H11ClIN3O/c12-11-10-9(14-5-15-11)8(3-16(10)13)7-1-6(2-7)4-17/h3,5-7,17H,1-2,4H2. The van der Waals surface area contributed by atoms with E-state index >= 15 is 0 Å². The van der Waals surface area contributed by atoms with Crippen LogP contribution in [-0.2, 0) is 0 Å². The van der Waals surface area contributed by atoms with Crippen LogP contribution in [0.4, 0.5) is 0 Å². The number of aliphatic hydroxyl groups excluding tert-OH is 1. The first-order chi connectivity index (χ1) is 8.20. The van der Waals surface area contributed by atoms with Crippen molar-refractivity contribution >= 4 is 45.5 Å². The van der Waals surface area contributed by atoms with Gasteiger partial charge in [0.1, 0.15) is 11.8 Å². The second-order valence-electron chi connectivity index (χ2n) is 4.47.